The molecule has 1 amide bonds. The first-order valence-electron chi connectivity index (χ1n) is 7.94. The Bertz CT molecular complexity index is 780. The largest absolute Gasteiger partial charge is 0.368 e. The van der Waals surface area contributed by atoms with Crippen molar-refractivity contribution in [2.24, 2.45) is 0 Å². The zero-order valence-electron chi connectivity index (χ0n) is 13.6. The molecule has 0 atom stereocenters. The van der Waals surface area contributed by atoms with Crippen LogP contribution in [0.5, 0.6) is 0 Å². The number of nitriles is 1. The van der Waals surface area contributed by atoms with E-state index in [9.17, 15) is 10.1 Å². The zero-order valence-corrected chi connectivity index (χ0v) is 14.4. The van der Waals surface area contributed by atoms with Gasteiger partial charge in [-0.05, 0) is 42.1 Å². The molecule has 1 saturated heterocycles. The average Bonchev–Trinajstić information content (AvgIpc) is 3.04. The number of carbonyl (C=O) groups is 1. The van der Waals surface area contributed by atoms with E-state index >= 15 is 0 Å². The quantitative estimate of drug-likeness (QED) is 0.638. The number of amides is 1. The van der Waals surface area contributed by atoms with E-state index in [0.29, 0.717) is 13.1 Å². The maximum atomic E-state index is 12.6. The molecule has 1 aliphatic rings. The molecular formula is C19H19N3OS. The molecular weight excluding hydrogens is 318 g/mol. The van der Waals surface area contributed by atoms with Crippen LogP contribution >= 0.6 is 11.3 Å². The van der Waals surface area contributed by atoms with Crippen molar-refractivity contribution in [2.75, 3.05) is 31.1 Å². The molecule has 0 aliphatic carbocycles. The van der Waals surface area contributed by atoms with Gasteiger partial charge in [0.05, 0.1) is 0 Å². The van der Waals surface area contributed by atoms with Gasteiger partial charge in [-0.15, -0.1) is 11.3 Å². The lowest BCUT2D eigenvalue weighted by Crippen LogP contribution is -2.49. The number of para-hydroxylation sites is 1. The van der Waals surface area contributed by atoms with E-state index in [-0.39, 0.29) is 11.5 Å². The predicted molar refractivity (Wildman–Crippen MR) is 97.9 cm³/mol. The lowest BCUT2D eigenvalue weighted by atomic mass is 10.1. The van der Waals surface area contributed by atoms with Crippen LogP contribution in [0.25, 0.3) is 6.08 Å². The van der Waals surface area contributed by atoms with Crippen molar-refractivity contribution in [3.05, 3.63) is 57.8 Å². The summed E-state index contributed by atoms with van der Waals surface area (Å²) < 4.78 is 0. The standard InChI is InChI=1S/C19H19N3OS/c1-15-7-12-24-18(15)13-16(14-20)19(23)22-10-8-21(9-11-22)17-5-3-2-4-6-17/h2-7,12-13H,8-11H2,1H3/b16-13+. The maximum absolute atomic E-state index is 12.6. The van der Waals surface area contributed by atoms with Gasteiger partial charge < -0.3 is 9.80 Å². The zero-order chi connectivity index (χ0) is 16.9. The fraction of sp³-hybridized carbons (Fsp3) is 0.263. The molecule has 0 spiro atoms. The van der Waals surface area contributed by atoms with Crippen LogP contribution in [0, 0.1) is 18.3 Å². The first-order valence-corrected chi connectivity index (χ1v) is 8.82. The van der Waals surface area contributed by atoms with Crippen LogP contribution in [-0.4, -0.2) is 37.0 Å². The van der Waals surface area contributed by atoms with Crippen molar-refractivity contribution < 1.29 is 4.79 Å². The number of hydrogen-bond acceptors (Lipinski definition) is 4. The second-order valence-corrected chi connectivity index (χ2v) is 6.70. The molecule has 1 aromatic carbocycles. The fourth-order valence-electron chi connectivity index (χ4n) is 2.78. The molecule has 0 N–H and O–H groups in total. The van der Waals surface area contributed by atoms with E-state index in [0.717, 1.165) is 23.5 Å². The highest BCUT2D eigenvalue weighted by Crippen LogP contribution is 2.21. The Hall–Kier alpha value is -2.58. The minimum absolute atomic E-state index is 0.169. The van der Waals surface area contributed by atoms with E-state index in [1.54, 1.807) is 22.3 Å². The highest BCUT2D eigenvalue weighted by molar-refractivity contribution is 7.11. The van der Waals surface area contributed by atoms with Crippen LogP contribution in [0.1, 0.15) is 10.4 Å². The number of benzene rings is 1. The van der Waals surface area contributed by atoms with Gasteiger partial charge in [0.25, 0.3) is 5.91 Å². The van der Waals surface area contributed by atoms with Crippen LogP contribution in [0.2, 0.25) is 0 Å². The second-order valence-electron chi connectivity index (χ2n) is 5.75. The number of aryl methyl sites for hydroxylation is 1. The summed E-state index contributed by atoms with van der Waals surface area (Å²) in [6.45, 7) is 4.83. The predicted octanol–water partition coefficient (Wildman–Crippen LogP) is 3.31. The van der Waals surface area contributed by atoms with E-state index in [2.05, 4.69) is 23.1 Å². The highest BCUT2D eigenvalue weighted by atomic mass is 32.1. The normalized spacial score (nSPS) is 15.2. The Morgan fingerprint density at radius 2 is 1.88 bits per heavy atom. The summed E-state index contributed by atoms with van der Waals surface area (Å²) >= 11 is 1.55. The van der Waals surface area contributed by atoms with Crippen LogP contribution in [0.4, 0.5) is 5.69 Å². The number of rotatable bonds is 3. The van der Waals surface area contributed by atoms with Gasteiger partial charge in [-0.1, -0.05) is 18.2 Å². The Kier molecular flexibility index (Phi) is 4.97. The topological polar surface area (TPSA) is 47.3 Å². The Morgan fingerprint density at radius 3 is 2.46 bits per heavy atom. The Morgan fingerprint density at radius 1 is 1.17 bits per heavy atom. The fourth-order valence-corrected chi connectivity index (χ4v) is 3.64. The summed E-state index contributed by atoms with van der Waals surface area (Å²) in [4.78, 5) is 17.6. The van der Waals surface area contributed by atoms with Crippen LogP contribution < -0.4 is 4.90 Å². The van der Waals surface area contributed by atoms with Gasteiger partial charge in [0, 0.05) is 36.7 Å². The van der Waals surface area contributed by atoms with E-state index in [1.807, 2.05) is 36.6 Å². The van der Waals surface area contributed by atoms with Crippen molar-refractivity contribution in [2.45, 2.75) is 6.92 Å². The van der Waals surface area contributed by atoms with Gasteiger partial charge in [0.15, 0.2) is 0 Å². The molecule has 24 heavy (non-hydrogen) atoms. The number of thiophene rings is 1. The third kappa shape index (κ3) is 3.50. The summed E-state index contributed by atoms with van der Waals surface area (Å²) in [5, 5.41) is 11.3. The molecule has 0 bridgehead atoms. The molecule has 0 unspecified atom stereocenters. The van der Waals surface area contributed by atoms with E-state index in [4.69, 9.17) is 0 Å². The molecule has 1 aromatic heterocycles. The minimum Gasteiger partial charge on any atom is -0.368 e. The maximum Gasteiger partial charge on any atom is 0.264 e. The number of piperazine rings is 1. The van der Waals surface area contributed by atoms with Crippen molar-refractivity contribution in [3.63, 3.8) is 0 Å². The first kappa shape index (κ1) is 16.3. The smallest absolute Gasteiger partial charge is 0.264 e. The van der Waals surface area contributed by atoms with E-state index in [1.165, 1.54) is 5.69 Å². The summed E-state index contributed by atoms with van der Waals surface area (Å²) in [7, 11) is 0. The van der Waals surface area contributed by atoms with Crippen molar-refractivity contribution >= 4 is 29.0 Å². The SMILES string of the molecule is Cc1ccsc1/C=C(\C#N)C(=O)N1CCN(c2ccccc2)CC1. The molecule has 3 rings (SSSR count). The molecule has 2 heterocycles. The van der Waals surface area contributed by atoms with Gasteiger partial charge >= 0.3 is 0 Å². The van der Waals surface area contributed by atoms with Gasteiger partial charge in [0.1, 0.15) is 11.6 Å². The number of hydrogen-bond donors (Lipinski definition) is 0. The van der Waals surface area contributed by atoms with Crippen molar-refractivity contribution in [1.29, 1.82) is 5.26 Å². The molecule has 1 fully saturated rings. The van der Waals surface area contributed by atoms with Gasteiger partial charge in [-0.25, -0.2) is 0 Å². The Labute approximate surface area is 146 Å². The Balaban J connectivity index is 1.67. The molecule has 122 valence electrons. The minimum atomic E-state index is -0.169. The van der Waals surface area contributed by atoms with Crippen LogP contribution in [0.3, 0.4) is 0 Å². The monoisotopic (exact) mass is 337 g/mol. The van der Waals surface area contributed by atoms with Crippen molar-refractivity contribution in [3.8, 4) is 6.07 Å². The molecule has 2 aromatic rings. The van der Waals surface area contributed by atoms with Crippen LogP contribution in [-0.2, 0) is 4.79 Å². The molecule has 5 heteroatoms. The first-order chi connectivity index (χ1) is 11.7. The summed E-state index contributed by atoms with van der Waals surface area (Å²) in [5.41, 5.74) is 2.48. The molecule has 4 nitrogen and oxygen atoms in total. The third-order valence-electron chi connectivity index (χ3n) is 4.22. The lowest BCUT2D eigenvalue weighted by Gasteiger charge is -2.36. The number of anilines is 1. The van der Waals surface area contributed by atoms with E-state index < -0.39 is 0 Å². The summed E-state index contributed by atoms with van der Waals surface area (Å²) in [6.07, 6.45) is 1.71. The van der Waals surface area contributed by atoms with Crippen molar-refractivity contribution in [1.82, 2.24) is 4.90 Å². The third-order valence-corrected chi connectivity index (χ3v) is 5.18. The van der Waals surface area contributed by atoms with Gasteiger partial charge in [-0.2, -0.15) is 5.26 Å². The molecule has 1 aliphatic heterocycles. The second kappa shape index (κ2) is 7.33. The number of nitrogens with zero attached hydrogens (tertiary/aromatic N) is 3. The highest BCUT2D eigenvalue weighted by Gasteiger charge is 2.24. The van der Waals surface area contributed by atoms with Gasteiger partial charge in [0.2, 0.25) is 0 Å². The molecule has 0 radical (unpaired) electrons. The summed E-state index contributed by atoms with van der Waals surface area (Å²) in [6, 6.07) is 14.3. The number of carbonyl (C=O) groups excluding carboxylic acids is 1. The summed E-state index contributed by atoms with van der Waals surface area (Å²) in [5.74, 6) is -0.169. The lowest BCUT2D eigenvalue weighted by molar-refractivity contribution is -0.126. The van der Waals surface area contributed by atoms with Gasteiger partial charge in [-0.3, -0.25) is 4.79 Å². The van der Waals surface area contributed by atoms with Crippen LogP contribution in [0.15, 0.2) is 47.4 Å². The average molecular weight is 337 g/mol. The molecule has 0 saturated carbocycles.